The van der Waals surface area contributed by atoms with Crippen LogP contribution in [0.15, 0.2) is 11.4 Å². The lowest BCUT2D eigenvalue weighted by molar-refractivity contribution is -0.0351. The van der Waals surface area contributed by atoms with E-state index in [1.165, 1.54) is 22.7 Å². The van der Waals surface area contributed by atoms with E-state index in [1.54, 1.807) is 0 Å². The fraction of sp³-hybridized carbons (Fsp3) is 0.545. The largest absolute Gasteiger partial charge is 0.394 e. The van der Waals surface area contributed by atoms with Crippen LogP contribution in [0.3, 0.4) is 0 Å². The van der Waals surface area contributed by atoms with Crippen molar-refractivity contribution in [3.8, 4) is 0 Å². The maximum atomic E-state index is 14.0. The van der Waals surface area contributed by atoms with Crippen LogP contribution in [0.1, 0.15) is 12.6 Å². The number of nitrogens with two attached hydrogens (primary N) is 1. The summed E-state index contributed by atoms with van der Waals surface area (Å²) in [5.41, 5.74) is 6.67. The molecule has 0 aliphatic carbocycles. The lowest BCUT2D eigenvalue weighted by atomic mass is 10.2. The Hall–Kier alpha value is -1.45. The molecule has 2 aromatic heterocycles. The highest BCUT2D eigenvalue weighted by molar-refractivity contribution is 7.98. The fourth-order valence-electron chi connectivity index (χ4n) is 2.30. The number of halogens is 1. The molecule has 3 N–H and O–H groups in total. The van der Waals surface area contributed by atoms with E-state index in [-0.39, 0.29) is 19.0 Å². The Bertz CT molecular complexity index is 637. The number of hydrogen-bond acceptors (Lipinski definition) is 7. The lowest BCUT2D eigenvalue weighted by Crippen LogP contribution is -2.17. The van der Waals surface area contributed by atoms with E-state index in [0.29, 0.717) is 16.2 Å². The van der Waals surface area contributed by atoms with Gasteiger partial charge in [0.1, 0.15) is 16.7 Å². The zero-order chi connectivity index (χ0) is 14.3. The summed E-state index contributed by atoms with van der Waals surface area (Å²) in [6.45, 7) is -0.212. The second-order valence-corrected chi connectivity index (χ2v) is 5.29. The van der Waals surface area contributed by atoms with Gasteiger partial charge in [0.05, 0.1) is 19.0 Å². The van der Waals surface area contributed by atoms with Crippen LogP contribution in [0, 0.1) is 0 Å². The first kappa shape index (κ1) is 13.5. The van der Waals surface area contributed by atoms with Gasteiger partial charge < -0.3 is 15.6 Å². The van der Waals surface area contributed by atoms with Crippen LogP contribution < -0.4 is 5.73 Å². The monoisotopic (exact) mass is 299 g/mol. The minimum atomic E-state index is -1.22. The minimum absolute atomic E-state index is 0.107. The molecule has 0 saturated carbocycles. The summed E-state index contributed by atoms with van der Waals surface area (Å²) in [6, 6.07) is 0. The molecule has 20 heavy (non-hydrogen) atoms. The third-order valence-corrected chi connectivity index (χ3v) is 3.88. The van der Waals surface area contributed by atoms with Gasteiger partial charge in [-0.2, -0.15) is 4.98 Å². The van der Waals surface area contributed by atoms with Gasteiger partial charge in [-0.05, 0) is 6.26 Å². The predicted molar refractivity (Wildman–Crippen MR) is 72.0 cm³/mol. The van der Waals surface area contributed by atoms with E-state index in [0.717, 1.165) is 0 Å². The van der Waals surface area contributed by atoms with E-state index in [9.17, 15) is 4.39 Å². The van der Waals surface area contributed by atoms with Crippen LogP contribution in [-0.4, -0.2) is 49.8 Å². The third-order valence-electron chi connectivity index (χ3n) is 3.21. The molecule has 2 aromatic rings. The maximum Gasteiger partial charge on any atom is 0.223 e. The summed E-state index contributed by atoms with van der Waals surface area (Å²) >= 11 is 1.39. The SMILES string of the molecule is CSc1nc(N)nc2c1ncn2[C@@H]1O[C@H](CO)C[C@H]1F. The Morgan fingerprint density at radius 1 is 1.60 bits per heavy atom. The number of hydrogen-bond donors (Lipinski definition) is 2. The van der Waals surface area contributed by atoms with Crippen LogP contribution >= 0.6 is 11.8 Å². The molecule has 3 heterocycles. The molecule has 3 rings (SSSR count). The number of nitrogens with zero attached hydrogens (tertiary/aromatic N) is 4. The molecule has 9 heteroatoms. The standard InChI is InChI=1S/C11H14FN5O2S/c1-20-9-7-8(15-11(13)16-9)17(4-14-7)10-6(12)2-5(3-18)19-10/h4-6,10,18H,2-3H2,1H3,(H2,13,15,16)/t5-,6+,10+/m0/s1. The van der Waals surface area contributed by atoms with Crippen molar-refractivity contribution in [3.63, 3.8) is 0 Å². The van der Waals surface area contributed by atoms with Crippen LogP contribution in [0.4, 0.5) is 10.3 Å². The molecule has 1 aliphatic rings. The first-order valence-corrected chi connectivity index (χ1v) is 7.31. The zero-order valence-corrected chi connectivity index (χ0v) is 11.5. The van der Waals surface area contributed by atoms with Gasteiger partial charge in [-0.3, -0.25) is 4.57 Å². The van der Waals surface area contributed by atoms with Crippen LogP contribution in [0.2, 0.25) is 0 Å². The number of fused-ring (bicyclic) bond motifs is 1. The molecule has 0 aromatic carbocycles. The minimum Gasteiger partial charge on any atom is -0.394 e. The smallest absolute Gasteiger partial charge is 0.223 e. The van der Waals surface area contributed by atoms with Crippen molar-refractivity contribution in [2.75, 3.05) is 18.6 Å². The van der Waals surface area contributed by atoms with Crippen LogP contribution in [0.5, 0.6) is 0 Å². The Morgan fingerprint density at radius 3 is 3.05 bits per heavy atom. The van der Waals surface area contributed by atoms with Crippen molar-refractivity contribution < 1.29 is 14.2 Å². The highest BCUT2D eigenvalue weighted by atomic mass is 32.2. The van der Waals surface area contributed by atoms with Gasteiger partial charge in [0.25, 0.3) is 0 Å². The number of ether oxygens (including phenoxy) is 1. The first-order chi connectivity index (χ1) is 9.63. The summed E-state index contributed by atoms with van der Waals surface area (Å²) < 4.78 is 21.0. The van der Waals surface area contributed by atoms with E-state index in [4.69, 9.17) is 15.6 Å². The van der Waals surface area contributed by atoms with Gasteiger partial charge in [0.2, 0.25) is 5.95 Å². The number of aliphatic hydroxyl groups excluding tert-OH is 1. The van der Waals surface area contributed by atoms with E-state index in [1.807, 2.05) is 6.26 Å². The Morgan fingerprint density at radius 2 is 2.40 bits per heavy atom. The lowest BCUT2D eigenvalue weighted by Gasteiger charge is -2.15. The van der Waals surface area contributed by atoms with Crippen LogP contribution in [0.25, 0.3) is 11.2 Å². The van der Waals surface area contributed by atoms with Gasteiger partial charge in [0, 0.05) is 6.42 Å². The molecule has 1 fully saturated rings. The van der Waals surface area contributed by atoms with E-state index >= 15 is 0 Å². The number of alkyl halides is 1. The molecule has 1 aliphatic heterocycles. The second kappa shape index (κ2) is 5.15. The number of aromatic nitrogens is 4. The summed E-state index contributed by atoms with van der Waals surface area (Å²) in [7, 11) is 0. The van der Waals surface area contributed by atoms with Crippen molar-refractivity contribution in [2.45, 2.75) is 30.0 Å². The molecule has 0 radical (unpaired) electrons. The Labute approximate surface area is 118 Å². The molecule has 0 spiro atoms. The highest BCUT2D eigenvalue weighted by Crippen LogP contribution is 2.34. The molecule has 0 amide bonds. The highest BCUT2D eigenvalue weighted by Gasteiger charge is 2.37. The van der Waals surface area contributed by atoms with E-state index in [2.05, 4.69) is 15.0 Å². The molecule has 3 atom stereocenters. The maximum absolute atomic E-state index is 14.0. The van der Waals surface area contributed by atoms with Gasteiger partial charge in [-0.15, -0.1) is 11.8 Å². The van der Waals surface area contributed by atoms with Crippen molar-refractivity contribution in [1.82, 2.24) is 19.5 Å². The van der Waals surface area contributed by atoms with Gasteiger partial charge in [0.15, 0.2) is 11.9 Å². The molecular weight excluding hydrogens is 285 g/mol. The number of rotatable bonds is 3. The number of imidazole rings is 1. The number of anilines is 1. The van der Waals surface area contributed by atoms with Gasteiger partial charge in [-0.1, -0.05) is 0 Å². The summed E-state index contributed by atoms with van der Waals surface area (Å²) in [5, 5.41) is 9.71. The predicted octanol–water partition coefficient (Wildman–Crippen LogP) is 0.748. The Balaban J connectivity index is 2.07. The number of thioether (sulfide) groups is 1. The average molecular weight is 299 g/mol. The van der Waals surface area contributed by atoms with Crippen molar-refractivity contribution >= 4 is 28.9 Å². The molecule has 1 saturated heterocycles. The zero-order valence-electron chi connectivity index (χ0n) is 10.7. The second-order valence-electron chi connectivity index (χ2n) is 4.50. The Kier molecular flexibility index (Phi) is 3.48. The van der Waals surface area contributed by atoms with Gasteiger partial charge >= 0.3 is 0 Å². The average Bonchev–Trinajstić information content (AvgIpc) is 3.00. The molecular formula is C11H14FN5O2S. The molecule has 0 bridgehead atoms. The summed E-state index contributed by atoms with van der Waals surface area (Å²) in [6.07, 6.45) is 0.893. The molecule has 0 unspecified atom stereocenters. The number of nitrogen functional groups attached to an aromatic ring is 1. The topological polar surface area (TPSA) is 99.1 Å². The molecule has 108 valence electrons. The first-order valence-electron chi connectivity index (χ1n) is 6.08. The van der Waals surface area contributed by atoms with Crippen LogP contribution in [-0.2, 0) is 4.74 Å². The summed E-state index contributed by atoms with van der Waals surface area (Å²) in [4.78, 5) is 12.4. The normalized spacial score (nSPS) is 26.4. The van der Waals surface area contributed by atoms with E-state index < -0.39 is 18.5 Å². The quantitative estimate of drug-likeness (QED) is 0.637. The third kappa shape index (κ3) is 2.11. The van der Waals surface area contributed by atoms with Crippen molar-refractivity contribution in [3.05, 3.63) is 6.33 Å². The van der Waals surface area contributed by atoms with Crippen molar-refractivity contribution in [1.29, 1.82) is 0 Å². The van der Waals surface area contributed by atoms with Gasteiger partial charge in [-0.25, -0.2) is 14.4 Å². The number of aliphatic hydroxyl groups is 1. The van der Waals surface area contributed by atoms with Crippen molar-refractivity contribution in [2.24, 2.45) is 0 Å². The fourth-order valence-corrected chi connectivity index (χ4v) is 2.82. The summed E-state index contributed by atoms with van der Waals surface area (Å²) in [5.74, 6) is 0.107. The molecule has 7 nitrogen and oxygen atoms in total.